The Hall–Kier alpha value is -1.76. The first-order valence-electron chi connectivity index (χ1n) is 4.69. The lowest BCUT2D eigenvalue weighted by molar-refractivity contribution is 0.0595. The van der Waals surface area contributed by atoms with Crippen LogP contribution in [0.25, 0.3) is 0 Å². The second kappa shape index (κ2) is 5.53. The summed E-state index contributed by atoms with van der Waals surface area (Å²) in [6.07, 6.45) is -2.86. The van der Waals surface area contributed by atoms with Crippen LogP contribution in [0.3, 0.4) is 0 Å². The first-order valence-corrected chi connectivity index (χ1v) is 4.69. The Labute approximate surface area is 96.5 Å². The molecule has 0 aliphatic rings. The van der Waals surface area contributed by atoms with Crippen LogP contribution in [-0.4, -0.2) is 25.2 Å². The molecule has 1 aromatic rings. The normalized spacial score (nSPS) is 10.5. The average molecular weight is 246 g/mol. The number of nitrogens with two attached hydrogens (primary N) is 1. The Morgan fingerprint density at radius 1 is 1.53 bits per heavy atom. The van der Waals surface area contributed by atoms with Crippen molar-refractivity contribution in [1.82, 2.24) is 4.98 Å². The molecule has 0 aliphatic heterocycles. The molecule has 0 fully saturated rings. The predicted octanol–water partition coefficient (Wildman–Crippen LogP) is 1.27. The van der Waals surface area contributed by atoms with Crippen LogP contribution in [-0.2, 0) is 11.3 Å². The van der Waals surface area contributed by atoms with Gasteiger partial charge in [-0.05, 0) is 6.07 Å². The van der Waals surface area contributed by atoms with Gasteiger partial charge >= 0.3 is 5.97 Å². The van der Waals surface area contributed by atoms with Gasteiger partial charge in [0.05, 0.1) is 19.9 Å². The summed E-state index contributed by atoms with van der Waals surface area (Å²) in [5, 5.41) is 0. The highest BCUT2D eigenvalue weighted by Crippen LogP contribution is 2.31. The van der Waals surface area contributed by atoms with Crippen LogP contribution in [0, 0.1) is 0 Å². The van der Waals surface area contributed by atoms with E-state index in [1.807, 2.05) is 0 Å². The van der Waals surface area contributed by atoms with Gasteiger partial charge in [0, 0.05) is 6.54 Å². The minimum Gasteiger partial charge on any atom is -0.494 e. The van der Waals surface area contributed by atoms with E-state index in [1.165, 1.54) is 13.2 Å². The quantitative estimate of drug-likeness (QED) is 0.810. The van der Waals surface area contributed by atoms with Gasteiger partial charge in [0.1, 0.15) is 11.3 Å². The molecular formula is C10H12F2N2O3. The second-order valence-electron chi connectivity index (χ2n) is 3.08. The zero-order chi connectivity index (χ0) is 13.0. The molecule has 0 amide bonds. The number of nitrogens with zero attached hydrogens (tertiary/aromatic N) is 1. The van der Waals surface area contributed by atoms with E-state index in [0.717, 1.165) is 7.11 Å². The number of methoxy groups -OCH3 is 2. The summed E-state index contributed by atoms with van der Waals surface area (Å²) < 4.78 is 34.7. The first-order chi connectivity index (χ1) is 8.04. The number of carbonyl (C=O) groups is 1. The molecule has 0 unspecified atom stereocenters. The van der Waals surface area contributed by atoms with Crippen LogP contribution in [0.5, 0.6) is 5.75 Å². The van der Waals surface area contributed by atoms with E-state index in [2.05, 4.69) is 9.72 Å². The molecule has 0 radical (unpaired) electrons. The summed E-state index contributed by atoms with van der Waals surface area (Å²) in [5.74, 6) is -1.06. The minimum atomic E-state index is -2.86. The molecule has 0 aliphatic carbocycles. The zero-order valence-corrected chi connectivity index (χ0v) is 9.37. The largest absolute Gasteiger partial charge is 0.494 e. The molecule has 7 heteroatoms. The molecule has 17 heavy (non-hydrogen) atoms. The predicted molar refractivity (Wildman–Crippen MR) is 55.0 cm³/mol. The summed E-state index contributed by atoms with van der Waals surface area (Å²) in [5.41, 5.74) is 4.76. The number of hydrogen-bond acceptors (Lipinski definition) is 5. The molecule has 1 aromatic heterocycles. The summed E-state index contributed by atoms with van der Waals surface area (Å²) in [6.45, 7) is -0.0618. The smallest absolute Gasteiger partial charge is 0.341 e. The third-order valence-corrected chi connectivity index (χ3v) is 2.08. The van der Waals surface area contributed by atoms with E-state index in [4.69, 9.17) is 10.5 Å². The Morgan fingerprint density at radius 2 is 2.18 bits per heavy atom. The van der Waals surface area contributed by atoms with E-state index in [9.17, 15) is 13.6 Å². The minimum absolute atomic E-state index is 0.0618. The zero-order valence-electron chi connectivity index (χ0n) is 9.37. The molecule has 94 valence electrons. The van der Waals surface area contributed by atoms with Crippen molar-refractivity contribution in [3.05, 3.63) is 23.0 Å². The molecule has 0 spiro atoms. The van der Waals surface area contributed by atoms with Crippen molar-refractivity contribution in [1.29, 1.82) is 0 Å². The van der Waals surface area contributed by atoms with E-state index in [1.54, 1.807) is 0 Å². The lowest BCUT2D eigenvalue weighted by Gasteiger charge is -2.12. The fourth-order valence-electron chi connectivity index (χ4n) is 1.34. The molecule has 0 aromatic carbocycles. The fourth-order valence-corrected chi connectivity index (χ4v) is 1.34. The van der Waals surface area contributed by atoms with E-state index in [0.29, 0.717) is 0 Å². The molecular weight excluding hydrogens is 234 g/mol. The number of alkyl halides is 2. The number of carbonyl (C=O) groups excluding carboxylic acids is 1. The number of rotatable bonds is 4. The number of ether oxygens (including phenoxy) is 2. The second-order valence-corrected chi connectivity index (χ2v) is 3.08. The van der Waals surface area contributed by atoms with Crippen LogP contribution in [0.15, 0.2) is 6.07 Å². The van der Waals surface area contributed by atoms with Crippen LogP contribution < -0.4 is 10.5 Å². The highest BCUT2D eigenvalue weighted by Gasteiger charge is 2.24. The molecule has 1 rings (SSSR count). The van der Waals surface area contributed by atoms with Crippen molar-refractivity contribution in [2.75, 3.05) is 14.2 Å². The van der Waals surface area contributed by atoms with Crippen molar-refractivity contribution >= 4 is 5.97 Å². The Balaban J connectivity index is 3.44. The lowest BCUT2D eigenvalue weighted by Crippen LogP contribution is -2.12. The van der Waals surface area contributed by atoms with E-state index >= 15 is 0 Å². The molecule has 1 heterocycles. The number of halogens is 2. The lowest BCUT2D eigenvalue weighted by atomic mass is 10.1. The van der Waals surface area contributed by atoms with E-state index < -0.39 is 18.1 Å². The molecule has 0 bridgehead atoms. The van der Waals surface area contributed by atoms with Gasteiger partial charge in [0.2, 0.25) is 0 Å². The third-order valence-electron chi connectivity index (χ3n) is 2.08. The van der Waals surface area contributed by atoms with Crippen molar-refractivity contribution in [2.24, 2.45) is 5.73 Å². The number of aromatic nitrogens is 1. The summed E-state index contributed by atoms with van der Waals surface area (Å²) in [7, 11) is 2.32. The van der Waals surface area contributed by atoms with Crippen LogP contribution in [0.2, 0.25) is 0 Å². The molecule has 0 atom stereocenters. The molecule has 0 saturated carbocycles. The summed E-state index contributed by atoms with van der Waals surface area (Å²) in [6, 6.07) is 1.27. The van der Waals surface area contributed by atoms with Gasteiger partial charge in [-0.2, -0.15) is 0 Å². The van der Waals surface area contributed by atoms with Gasteiger partial charge < -0.3 is 15.2 Å². The first kappa shape index (κ1) is 13.3. The highest BCUT2D eigenvalue weighted by atomic mass is 19.3. The van der Waals surface area contributed by atoms with Gasteiger partial charge in [0.15, 0.2) is 5.75 Å². The topological polar surface area (TPSA) is 74.4 Å². The monoisotopic (exact) mass is 246 g/mol. The third kappa shape index (κ3) is 2.68. The van der Waals surface area contributed by atoms with Crippen LogP contribution in [0.4, 0.5) is 8.78 Å². The molecule has 5 nitrogen and oxygen atoms in total. The summed E-state index contributed by atoms with van der Waals surface area (Å²) in [4.78, 5) is 15.1. The summed E-state index contributed by atoms with van der Waals surface area (Å²) >= 11 is 0. The number of esters is 1. The number of pyridine rings is 1. The van der Waals surface area contributed by atoms with Crippen LogP contribution in [0.1, 0.15) is 28.2 Å². The van der Waals surface area contributed by atoms with Gasteiger partial charge in [-0.25, -0.2) is 18.6 Å². The Morgan fingerprint density at radius 3 is 2.59 bits per heavy atom. The van der Waals surface area contributed by atoms with Crippen LogP contribution >= 0.6 is 0 Å². The van der Waals surface area contributed by atoms with Gasteiger partial charge in [-0.1, -0.05) is 0 Å². The van der Waals surface area contributed by atoms with Gasteiger partial charge in [-0.15, -0.1) is 0 Å². The highest BCUT2D eigenvalue weighted by molar-refractivity contribution is 5.92. The fraction of sp³-hybridized carbons (Fsp3) is 0.400. The molecule has 2 N–H and O–H groups in total. The van der Waals surface area contributed by atoms with Gasteiger partial charge in [-0.3, -0.25) is 0 Å². The Bertz CT molecular complexity index is 424. The maximum Gasteiger partial charge on any atom is 0.341 e. The Kier molecular flexibility index (Phi) is 4.33. The maximum absolute atomic E-state index is 12.7. The van der Waals surface area contributed by atoms with Crippen molar-refractivity contribution in [3.63, 3.8) is 0 Å². The SMILES string of the molecule is COC(=O)c1cc(CN)nc(C(F)F)c1OC. The standard InChI is InChI=1S/C10H12F2N2O3/c1-16-8-6(10(15)17-2)3-5(4-13)14-7(8)9(11)12/h3,9H,4,13H2,1-2H3. The van der Waals surface area contributed by atoms with E-state index in [-0.39, 0.29) is 23.6 Å². The van der Waals surface area contributed by atoms with Crippen molar-refractivity contribution in [2.45, 2.75) is 13.0 Å². The van der Waals surface area contributed by atoms with Gasteiger partial charge in [0.25, 0.3) is 6.43 Å². The average Bonchev–Trinajstić information content (AvgIpc) is 2.35. The number of hydrogen-bond donors (Lipinski definition) is 1. The molecule has 0 saturated heterocycles. The van der Waals surface area contributed by atoms with Crippen molar-refractivity contribution in [3.8, 4) is 5.75 Å². The maximum atomic E-state index is 12.7. The van der Waals surface area contributed by atoms with Crippen molar-refractivity contribution < 1.29 is 23.0 Å².